The number of nitrogens with zero attached hydrogens (tertiary/aromatic N) is 3. The van der Waals surface area contributed by atoms with Gasteiger partial charge in [0.05, 0.1) is 17.9 Å². The van der Waals surface area contributed by atoms with Gasteiger partial charge in [-0.1, -0.05) is 0 Å². The second-order valence-electron chi connectivity index (χ2n) is 9.35. The first-order chi connectivity index (χ1) is 15.4. The molecule has 3 atom stereocenters. The van der Waals surface area contributed by atoms with E-state index < -0.39 is 23.9 Å². The largest absolute Gasteiger partial charge is 0.375 e. The minimum absolute atomic E-state index is 0.0371. The van der Waals surface area contributed by atoms with Crippen molar-refractivity contribution < 1.29 is 20.6 Å². The van der Waals surface area contributed by atoms with Crippen molar-refractivity contribution in [1.82, 2.24) is 15.1 Å². The fraction of sp³-hybridized carbons (Fsp3) is 0.565. The zero-order chi connectivity index (χ0) is 24.0. The molecule has 2 aromatic rings. The van der Waals surface area contributed by atoms with E-state index in [1.54, 1.807) is 6.07 Å². The number of likely N-dealkylation sites (tertiary alicyclic amines) is 1. The molecule has 2 aliphatic rings. The summed E-state index contributed by atoms with van der Waals surface area (Å²) in [6.45, 7) is 5.64. The summed E-state index contributed by atoms with van der Waals surface area (Å²) in [5, 5.41) is 11.3. The van der Waals surface area contributed by atoms with Crippen molar-refractivity contribution in [1.29, 1.82) is 0 Å². The fourth-order valence-corrected chi connectivity index (χ4v) is 4.39. The highest BCUT2D eigenvalue weighted by molar-refractivity contribution is 5.60. The Morgan fingerprint density at radius 2 is 1.84 bits per heavy atom. The van der Waals surface area contributed by atoms with Crippen LogP contribution in [0.1, 0.15) is 36.4 Å². The summed E-state index contributed by atoms with van der Waals surface area (Å²) in [6.07, 6.45) is 1.76. The van der Waals surface area contributed by atoms with Crippen LogP contribution in [0, 0.1) is 29.3 Å². The Kier molecular flexibility index (Phi) is 5.50. The van der Waals surface area contributed by atoms with E-state index in [0.29, 0.717) is 36.8 Å². The molecule has 1 aromatic heterocycles. The third kappa shape index (κ3) is 5.36. The van der Waals surface area contributed by atoms with Gasteiger partial charge in [-0.15, -0.1) is 10.2 Å². The van der Waals surface area contributed by atoms with Crippen molar-refractivity contribution in [3.63, 3.8) is 0 Å². The number of ether oxygens (including phenoxy) is 1. The van der Waals surface area contributed by atoms with Gasteiger partial charge in [0.25, 0.3) is 0 Å². The van der Waals surface area contributed by atoms with E-state index >= 15 is 0 Å². The predicted molar refractivity (Wildman–Crippen MR) is 113 cm³/mol. The third-order valence-electron chi connectivity index (χ3n) is 5.83. The van der Waals surface area contributed by atoms with Crippen LogP contribution in [0.3, 0.4) is 0 Å². The fourth-order valence-electron chi connectivity index (χ4n) is 4.39. The Bertz CT molecular complexity index is 986. The zero-order valence-electron chi connectivity index (χ0n) is 20.0. The van der Waals surface area contributed by atoms with Gasteiger partial charge in [0.15, 0.2) is 11.6 Å². The predicted octanol–water partition coefficient (Wildman–Crippen LogP) is 4.50. The van der Waals surface area contributed by atoms with Crippen LogP contribution in [-0.4, -0.2) is 52.9 Å². The van der Waals surface area contributed by atoms with Gasteiger partial charge in [-0.05, 0) is 63.6 Å². The molecule has 31 heavy (non-hydrogen) atoms. The molecule has 5 nitrogen and oxygen atoms in total. The van der Waals surface area contributed by atoms with Crippen molar-refractivity contribution in [3.8, 4) is 11.3 Å². The number of anilines is 1. The van der Waals surface area contributed by atoms with Crippen molar-refractivity contribution in [3.05, 3.63) is 41.7 Å². The van der Waals surface area contributed by atoms with Crippen molar-refractivity contribution in [2.75, 3.05) is 31.5 Å². The van der Waals surface area contributed by atoms with Gasteiger partial charge in [-0.25, -0.2) is 13.2 Å². The summed E-state index contributed by atoms with van der Waals surface area (Å²) in [6, 6.07) is 4.65. The first kappa shape index (κ1) is 19.5. The van der Waals surface area contributed by atoms with E-state index in [9.17, 15) is 13.2 Å². The molecule has 1 aliphatic heterocycles. The molecule has 1 aromatic carbocycles. The Labute approximate surface area is 183 Å². The second-order valence-corrected chi connectivity index (χ2v) is 9.35. The molecule has 0 radical (unpaired) electrons. The van der Waals surface area contributed by atoms with Gasteiger partial charge in [-0.2, -0.15) is 0 Å². The third-order valence-corrected chi connectivity index (χ3v) is 5.83. The van der Waals surface area contributed by atoms with E-state index in [1.165, 1.54) is 6.07 Å². The summed E-state index contributed by atoms with van der Waals surface area (Å²) >= 11 is 0. The average molecular weight is 437 g/mol. The Hall–Kier alpha value is -2.19. The first-order valence-electron chi connectivity index (χ1n) is 11.6. The van der Waals surface area contributed by atoms with Crippen LogP contribution in [0.2, 0.25) is 0 Å². The summed E-state index contributed by atoms with van der Waals surface area (Å²) < 4.78 is 63.4. The molecule has 0 bridgehead atoms. The van der Waals surface area contributed by atoms with Gasteiger partial charge in [0.1, 0.15) is 11.6 Å². The maximum atomic E-state index is 14.0. The minimum atomic E-state index is -1.51. The monoisotopic (exact) mass is 436 g/mol. The first-order valence-corrected chi connectivity index (χ1v) is 10.6. The molecule has 2 fully saturated rings. The number of rotatable bonds is 6. The number of aromatic nitrogens is 2. The molecule has 1 unspecified atom stereocenters. The molecule has 2 heterocycles. The highest BCUT2D eigenvalue weighted by atomic mass is 19.2. The molecule has 0 amide bonds. The number of hydrogen-bond donors (Lipinski definition) is 1. The van der Waals surface area contributed by atoms with Crippen LogP contribution in [0.5, 0.6) is 0 Å². The van der Waals surface area contributed by atoms with Gasteiger partial charge < -0.3 is 15.0 Å². The van der Waals surface area contributed by atoms with Crippen LogP contribution in [0.15, 0.2) is 24.3 Å². The lowest BCUT2D eigenvalue weighted by molar-refractivity contribution is -0.0116. The standard InChI is InChI=1S/C23H29F3N4O/c1-23(2,3)31-7-6-30-12-14-8-17(9-15(14)13-30)27-21-5-4-20(28-29-21)18-10-16(24)11-19(25)22(18)26/h4-5,10-11,14-15,17H,6-9,12-13H2,1-3H3,(H,27,29)/t14-,15+,17?/i6D2. The van der Waals surface area contributed by atoms with E-state index in [1.807, 2.05) is 25.7 Å². The topological polar surface area (TPSA) is 50.3 Å². The SMILES string of the molecule is [2H]C([2H])(COC(C)(C)C)N1C[C@H]2CC(Nc3ccc(-c4cc(F)cc(F)c4F)nn3)C[C@H]2C1. The van der Waals surface area contributed by atoms with E-state index in [4.69, 9.17) is 7.48 Å². The summed E-state index contributed by atoms with van der Waals surface area (Å²) in [7, 11) is 0. The van der Waals surface area contributed by atoms with E-state index in [0.717, 1.165) is 18.9 Å². The van der Waals surface area contributed by atoms with Crippen LogP contribution >= 0.6 is 0 Å². The van der Waals surface area contributed by atoms with Crippen LogP contribution in [-0.2, 0) is 4.74 Å². The Balaban J connectivity index is 1.33. The number of hydrogen-bond acceptors (Lipinski definition) is 5. The molecule has 168 valence electrons. The molecule has 8 heteroatoms. The molecule has 1 saturated carbocycles. The molecule has 1 aliphatic carbocycles. The number of fused-ring (bicyclic) bond motifs is 1. The number of nitrogens with one attached hydrogen (secondary N) is 1. The van der Waals surface area contributed by atoms with Crippen molar-refractivity contribution >= 4 is 5.82 Å². The molecule has 1 N–H and O–H groups in total. The van der Waals surface area contributed by atoms with Gasteiger partial charge >= 0.3 is 0 Å². The molecular formula is C23H29F3N4O. The molecule has 0 spiro atoms. The average Bonchev–Trinajstić information content (AvgIpc) is 3.29. The minimum Gasteiger partial charge on any atom is -0.375 e. The zero-order valence-corrected chi connectivity index (χ0v) is 18.0. The highest BCUT2D eigenvalue weighted by Crippen LogP contribution is 2.39. The molecule has 4 rings (SSSR count). The van der Waals surface area contributed by atoms with Crippen molar-refractivity contribution in [2.45, 2.75) is 45.3 Å². The Morgan fingerprint density at radius 3 is 2.45 bits per heavy atom. The maximum Gasteiger partial charge on any atom is 0.168 e. The Morgan fingerprint density at radius 1 is 1.13 bits per heavy atom. The molecular weight excluding hydrogens is 405 g/mol. The van der Waals surface area contributed by atoms with Gasteiger partial charge in [0.2, 0.25) is 0 Å². The van der Waals surface area contributed by atoms with Crippen LogP contribution < -0.4 is 5.32 Å². The quantitative estimate of drug-likeness (QED) is 0.676. The lowest BCUT2D eigenvalue weighted by Gasteiger charge is -2.23. The smallest absolute Gasteiger partial charge is 0.168 e. The van der Waals surface area contributed by atoms with Gasteiger partial charge in [-0.3, -0.25) is 0 Å². The lowest BCUT2D eigenvalue weighted by atomic mass is 10.0. The normalized spacial score (nSPS) is 25.3. The summed E-state index contributed by atoms with van der Waals surface area (Å²) in [4.78, 5) is 1.88. The number of benzene rings is 1. The highest BCUT2D eigenvalue weighted by Gasteiger charge is 2.40. The van der Waals surface area contributed by atoms with Gasteiger partial charge in [0, 0.05) is 40.0 Å². The second kappa shape index (κ2) is 8.74. The van der Waals surface area contributed by atoms with Crippen LogP contribution in [0.25, 0.3) is 11.3 Å². The summed E-state index contributed by atoms with van der Waals surface area (Å²) in [5.74, 6) is -2.05. The van der Waals surface area contributed by atoms with E-state index in [2.05, 4.69) is 15.5 Å². The maximum absolute atomic E-state index is 14.0. The summed E-state index contributed by atoms with van der Waals surface area (Å²) in [5.41, 5.74) is -0.606. The molecule has 1 saturated heterocycles. The van der Waals surface area contributed by atoms with E-state index in [-0.39, 0.29) is 29.5 Å². The lowest BCUT2D eigenvalue weighted by Crippen LogP contribution is -2.31. The van der Waals surface area contributed by atoms with Crippen molar-refractivity contribution in [2.24, 2.45) is 11.8 Å². The number of halogens is 3. The van der Waals surface area contributed by atoms with Crippen LogP contribution in [0.4, 0.5) is 19.0 Å².